The van der Waals surface area contributed by atoms with E-state index < -0.39 is 6.10 Å². The van der Waals surface area contributed by atoms with Crippen molar-refractivity contribution >= 4 is 40.2 Å². The second-order valence-corrected chi connectivity index (χ2v) is 5.69. The molecule has 0 aliphatic carbocycles. The Kier molecular flexibility index (Phi) is 4.46. The monoisotopic (exact) mass is 390 g/mol. The number of carbonyl (C=O) groups excluding carboxylic acids is 1. The first kappa shape index (κ1) is 14.3. The largest absolute Gasteiger partial charge is 0.451 e. The van der Waals surface area contributed by atoms with Crippen molar-refractivity contribution in [3.05, 3.63) is 50.6 Å². The van der Waals surface area contributed by atoms with Crippen LogP contribution in [0.2, 0.25) is 5.15 Å². The minimum absolute atomic E-state index is 0.372. The Labute approximate surface area is 129 Å². The lowest BCUT2D eigenvalue weighted by Gasteiger charge is -2.13. The van der Waals surface area contributed by atoms with Crippen molar-refractivity contribution in [3.8, 4) is 0 Å². The highest BCUT2D eigenvalue weighted by Gasteiger charge is 2.18. The predicted octanol–water partition coefficient (Wildman–Crippen LogP) is 3.60. The number of esters is 1. The number of ether oxygens (including phenoxy) is 1. The Hall–Kier alpha value is -1.08. The van der Waals surface area contributed by atoms with Crippen molar-refractivity contribution in [2.45, 2.75) is 13.0 Å². The number of imidazole rings is 1. The lowest BCUT2D eigenvalue weighted by Crippen LogP contribution is -2.12. The van der Waals surface area contributed by atoms with Crippen molar-refractivity contribution in [3.63, 3.8) is 0 Å². The number of benzene rings is 1. The molecule has 0 N–H and O–H groups in total. The van der Waals surface area contributed by atoms with Gasteiger partial charge in [-0.15, -0.1) is 0 Å². The second kappa shape index (κ2) is 5.92. The summed E-state index contributed by atoms with van der Waals surface area (Å²) in [4.78, 5) is 16.1. The first-order valence-electron chi connectivity index (χ1n) is 5.62. The molecule has 1 atom stereocenters. The fraction of sp³-hybridized carbons (Fsp3) is 0.231. The van der Waals surface area contributed by atoms with Gasteiger partial charge in [-0.3, -0.25) is 0 Å². The lowest BCUT2D eigenvalue weighted by atomic mass is 10.2. The third-order valence-electron chi connectivity index (χ3n) is 2.69. The molecule has 1 heterocycles. The molecule has 0 saturated carbocycles. The molecular weight excluding hydrogens is 379 g/mol. The molecule has 0 bridgehead atoms. The molecule has 2 aromatic rings. The Morgan fingerprint density at radius 3 is 2.58 bits per heavy atom. The molecule has 0 aliphatic rings. The molecule has 19 heavy (non-hydrogen) atoms. The van der Waals surface area contributed by atoms with E-state index in [1.165, 1.54) is 6.20 Å². The molecule has 6 heteroatoms. The topological polar surface area (TPSA) is 44.1 Å². The van der Waals surface area contributed by atoms with E-state index >= 15 is 0 Å². The number of carbonyl (C=O) groups is 1. The minimum Gasteiger partial charge on any atom is -0.451 e. The van der Waals surface area contributed by atoms with Crippen LogP contribution >= 0.6 is 34.2 Å². The molecule has 0 fully saturated rings. The smallest absolute Gasteiger partial charge is 0.338 e. The first-order chi connectivity index (χ1) is 8.99. The van der Waals surface area contributed by atoms with Gasteiger partial charge in [0.2, 0.25) is 0 Å². The maximum absolute atomic E-state index is 12.0. The van der Waals surface area contributed by atoms with Gasteiger partial charge in [0.1, 0.15) is 5.15 Å². The van der Waals surface area contributed by atoms with E-state index in [2.05, 4.69) is 27.6 Å². The van der Waals surface area contributed by atoms with Crippen molar-refractivity contribution in [1.82, 2.24) is 9.55 Å². The number of rotatable bonds is 3. The van der Waals surface area contributed by atoms with Crippen LogP contribution in [0.25, 0.3) is 0 Å². The highest BCUT2D eigenvalue weighted by Crippen LogP contribution is 2.20. The molecule has 2 rings (SSSR count). The number of nitrogens with zero attached hydrogens (tertiary/aromatic N) is 2. The summed E-state index contributed by atoms with van der Waals surface area (Å²) in [5.74, 6) is 0.242. The number of halogens is 2. The average molecular weight is 391 g/mol. The fourth-order valence-corrected chi connectivity index (χ4v) is 2.14. The Balaban J connectivity index is 2.10. The number of hydrogen-bond acceptors (Lipinski definition) is 3. The van der Waals surface area contributed by atoms with E-state index in [1.807, 2.05) is 12.1 Å². The minimum atomic E-state index is -0.454. The third-order valence-corrected chi connectivity index (χ3v) is 3.77. The molecule has 0 amide bonds. The maximum Gasteiger partial charge on any atom is 0.338 e. The summed E-state index contributed by atoms with van der Waals surface area (Å²) in [6.07, 6.45) is 1.08. The normalized spacial score (nSPS) is 12.2. The lowest BCUT2D eigenvalue weighted by molar-refractivity contribution is 0.0314. The maximum atomic E-state index is 12.0. The van der Waals surface area contributed by atoms with Crippen LogP contribution in [-0.2, 0) is 11.8 Å². The molecule has 0 aliphatic heterocycles. The zero-order valence-electron chi connectivity index (χ0n) is 10.4. The van der Waals surface area contributed by atoms with Gasteiger partial charge in [-0.2, -0.15) is 0 Å². The molecule has 0 saturated heterocycles. The molecule has 1 unspecified atom stereocenters. The highest BCUT2D eigenvalue weighted by atomic mass is 127. The Bertz CT molecular complexity index is 595. The van der Waals surface area contributed by atoms with Crippen LogP contribution in [0.4, 0.5) is 0 Å². The zero-order chi connectivity index (χ0) is 14.0. The zero-order valence-corrected chi connectivity index (χ0v) is 13.3. The molecule has 1 aromatic carbocycles. The molecule has 0 radical (unpaired) electrons. The van der Waals surface area contributed by atoms with E-state index in [0.29, 0.717) is 16.5 Å². The first-order valence-corrected chi connectivity index (χ1v) is 7.08. The van der Waals surface area contributed by atoms with E-state index in [9.17, 15) is 4.79 Å². The predicted molar refractivity (Wildman–Crippen MR) is 81.2 cm³/mol. The van der Waals surface area contributed by atoms with Crippen LogP contribution in [0.15, 0.2) is 30.5 Å². The van der Waals surface area contributed by atoms with E-state index in [0.717, 1.165) is 3.57 Å². The van der Waals surface area contributed by atoms with E-state index in [4.69, 9.17) is 16.3 Å². The molecule has 4 nitrogen and oxygen atoms in total. The number of hydrogen-bond donors (Lipinski definition) is 0. The second-order valence-electron chi connectivity index (χ2n) is 4.05. The average Bonchev–Trinajstić information content (AvgIpc) is 2.70. The van der Waals surface area contributed by atoms with Gasteiger partial charge in [-0.25, -0.2) is 9.78 Å². The van der Waals surface area contributed by atoms with Crippen LogP contribution in [0.5, 0.6) is 0 Å². The summed E-state index contributed by atoms with van der Waals surface area (Å²) < 4.78 is 8.13. The van der Waals surface area contributed by atoms with Gasteiger partial charge in [-0.1, -0.05) is 11.6 Å². The van der Waals surface area contributed by atoms with Crippen LogP contribution in [-0.4, -0.2) is 15.5 Å². The quantitative estimate of drug-likeness (QED) is 0.594. The van der Waals surface area contributed by atoms with Gasteiger partial charge in [0.05, 0.1) is 11.8 Å². The fourth-order valence-electron chi connectivity index (χ4n) is 1.65. The summed E-state index contributed by atoms with van der Waals surface area (Å²) in [5, 5.41) is 0.507. The SMILES string of the molecule is CC(OC(=O)c1ccc(I)cc1)c1ncc(Cl)n1C. The van der Waals surface area contributed by atoms with Gasteiger partial charge in [0.25, 0.3) is 0 Å². The van der Waals surface area contributed by atoms with Crippen molar-refractivity contribution in [2.24, 2.45) is 7.05 Å². The molecule has 0 spiro atoms. The van der Waals surface area contributed by atoms with Crippen LogP contribution < -0.4 is 0 Å². The summed E-state index contributed by atoms with van der Waals surface area (Å²) in [5.41, 5.74) is 0.521. The molecule has 1 aromatic heterocycles. The van der Waals surface area contributed by atoms with Crippen molar-refractivity contribution in [1.29, 1.82) is 0 Å². The van der Waals surface area contributed by atoms with Gasteiger partial charge in [0.15, 0.2) is 11.9 Å². The van der Waals surface area contributed by atoms with E-state index in [-0.39, 0.29) is 5.97 Å². The molecule has 100 valence electrons. The standard InChI is InChI=1S/C13H12ClIN2O2/c1-8(12-16-7-11(14)17(12)2)19-13(18)9-3-5-10(15)6-4-9/h3-8H,1-2H3. The van der Waals surface area contributed by atoms with Gasteiger partial charge in [0, 0.05) is 10.6 Å². The van der Waals surface area contributed by atoms with Gasteiger partial charge >= 0.3 is 5.97 Å². The molecular formula is C13H12ClIN2O2. The van der Waals surface area contributed by atoms with Crippen LogP contribution in [0, 0.1) is 3.57 Å². The third kappa shape index (κ3) is 3.27. The summed E-state index contributed by atoms with van der Waals surface area (Å²) in [7, 11) is 1.78. The van der Waals surface area contributed by atoms with Crippen molar-refractivity contribution < 1.29 is 9.53 Å². The van der Waals surface area contributed by atoms with Crippen LogP contribution in [0.3, 0.4) is 0 Å². The number of aromatic nitrogens is 2. The summed E-state index contributed by atoms with van der Waals surface area (Å²) >= 11 is 8.09. The van der Waals surface area contributed by atoms with Gasteiger partial charge < -0.3 is 9.30 Å². The van der Waals surface area contributed by atoms with Gasteiger partial charge in [-0.05, 0) is 53.8 Å². The van der Waals surface area contributed by atoms with Crippen molar-refractivity contribution in [2.75, 3.05) is 0 Å². The Morgan fingerprint density at radius 1 is 1.42 bits per heavy atom. The summed E-state index contributed by atoms with van der Waals surface area (Å²) in [6.45, 7) is 1.77. The highest BCUT2D eigenvalue weighted by molar-refractivity contribution is 14.1. The van der Waals surface area contributed by atoms with Crippen LogP contribution in [0.1, 0.15) is 29.2 Å². The summed E-state index contributed by atoms with van der Waals surface area (Å²) in [6, 6.07) is 7.20. The van der Waals surface area contributed by atoms with E-state index in [1.54, 1.807) is 30.7 Å². The Morgan fingerprint density at radius 2 is 2.05 bits per heavy atom.